The summed E-state index contributed by atoms with van der Waals surface area (Å²) in [5.41, 5.74) is 3.62. The minimum Gasteiger partial charge on any atom is -0.469 e. The van der Waals surface area contributed by atoms with Gasteiger partial charge in [0.05, 0.1) is 39.6 Å². The van der Waals surface area contributed by atoms with E-state index < -0.39 is 15.9 Å². The first-order chi connectivity index (χ1) is 40.7. The third-order valence-electron chi connectivity index (χ3n) is 25.7. The number of aliphatic hydroxyl groups is 1. The van der Waals surface area contributed by atoms with E-state index in [1.165, 1.54) is 110 Å². The molecule has 0 aromatic heterocycles. The zero-order valence-electron chi connectivity index (χ0n) is 56.8. The van der Waals surface area contributed by atoms with Gasteiger partial charge in [0.15, 0.2) is 0 Å². The Morgan fingerprint density at radius 3 is 1.47 bits per heavy atom. The van der Waals surface area contributed by atoms with Gasteiger partial charge >= 0.3 is 19.5 Å². The highest BCUT2D eigenvalue weighted by Gasteiger charge is 2.65. The van der Waals surface area contributed by atoms with Crippen LogP contribution in [0.1, 0.15) is 230 Å². The summed E-state index contributed by atoms with van der Waals surface area (Å²) in [6.45, 7) is 33.6. The Labute approximate surface area is 532 Å². The second-order valence-corrected chi connectivity index (χ2v) is 35.1. The van der Waals surface area contributed by atoms with E-state index in [1.54, 1.807) is 6.66 Å². The molecule has 8 saturated carbocycles. The van der Waals surface area contributed by atoms with E-state index in [9.17, 15) is 19.3 Å². The van der Waals surface area contributed by atoms with Gasteiger partial charge in [-0.1, -0.05) is 136 Å². The van der Waals surface area contributed by atoms with Crippen LogP contribution in [0.4, 0.5) is 0 Å². The lowest BCUT2D eigenvalue weighted by Gasteiger charge is -2.63. The average molecular weight is 1250 g/mol. The molecule has 2 aromatic rings. The summed E-state index contributed by atoms with van der Waals surface area (Å²) in [7, 11) is -0.779. The molecule has 0 spiro atoms. The van der Waals surface area contributed by atoms with E-state index in [2.05, 4.69) is 119 Å². The molecule has 10 rings (SSSR count). The molecule has 494 valence electrons. The van der Waals surface area contributed by atoms with Crippen LogP contribution in [0.2, 0.25) is 0 Å². The largest absolute Gasteiger partial charge is 0.469 e. The molecule has 1 N–H and O–H groups in total. The molecule has 87 heavy (non-hydrogen) atoms. The maximum absolute atomic E-state index is 13.9. The van der Waals surface area contributed by atoms with Gasteiger partial charge in [-0.25, -0.2) is 0 Å². The number of esters is 2. The molecule has 0 amide bonds. The maximum atomic E-state index is 13.9. The van der Waals surface area contributed by atoms with Gasteiger partial charge in [-0.2, -0.15) is 0 Å². The quantitative estimate of drug-likeness (QED) is 0.108. The second kappa shape index (κ2) is 30.7. The Morgan fingerprint density at radius 1 is 0.598 bits per heavy atom. The van der Waals surface area contributed by atoms with E-state index in [0.717, 1.165) is 49.0 Å². The van der Waals surface area contributed by atoms with Gasteiger partial charge in [0.25, 0.3) is 0 Å². The van der Waals surface area contributed by atoms with Gasteiger partial charge in [-0.3, -0.25) is 18.8 Å². The third-order valence-corrected chi connectivity index (χ3v) is 29.1. The number of benzene rings is 2. The molecular formula is C75H125NO9P2. The van der Waals surface area contributed by atoms with Crippen molar-refractivity contribution in [2.45, 2.75) is 256 Å². The van der Waals surface area contributed by atoms with E-state index >= 15 is 0 Å². The van der Waals surface area contributed by atoms with Crippen LogP contribution in [0.15, 0.2) is 60.7 Å². The van der Waals surface area contributed by atoms with Crippen molar-refractivity contribution in [3.63, 3.8) is 0 Å². The van der Waals surface area contributed by atoms with Gasteiger partial charge < -0.3 is 28.2 Å². The van der Waals surface area contributed by atoms with Crippen LogP contribution in [0.5, 0.6) is 0 Å². The molecule has 8 aliphatic carbocycles. The number of carbonyl (C=O) groups excluding carboxylic acids is 2. The molecule has 2 unspecified atom stereocenters. The molecule has 22 atom stereocenters. The first-order valence-electron chi connectivity index (χ1n) is 34.6. The average Bonchev–Trinajstić information content (AvgIpc) is 1.71. The molecule has 8 fully saturated rings. The molecule has 10 nitrogen and oxygen atoms in total. The van der Waals surface area contributed by atoms with Crippen LogP contribution in [-0.4, -0.2) is 73.6 Å². The summed E-state index contributed by atoms with van der Waals surface area (Å²) < 4.78 is 44.9. The lowest BCUT2D eigenvalue weighted by molar-refractivity contribution is -0.168. The number of aliphatic hydroxyl groups excluding tert-OH is 1. The van der Waals surface area contributed by atoms with Crippen molar-refractivity contribution in [3.8, 4) is 0 Å². The maximum Gasteiger partial charge on any atom is 0.328 e. The number of rotatable bonds is 19. The summed E-state index contributed by atoms with van der Waals surface area (Å²) in [5.74, 6) is 8.55. The Morgan fingerprint density at radius 2 is 1.01 bits per heavy atom. The summed E-state index contributed by atoms with van der Waals surface area (Å²) in [5, 5.41) is 11.4. The molecule has 0 heterocycles. The van der Waals surface area contributed by atoms with Crippen molar-refractivity contribution in [1.82, 2.24) is 4.67 Å². The Hall–Kier alpha value is -2.16. The fourth-order valence-electron chi connectivity index (χ4n) is 21.3. The molecule has 0 radical (unpaired) electrons. The van der Waals surface area contributed by atoms with Gasteiger partial charge in [-0.05, 0) is 253 Å². The summed E-state index contributed by atoms with van der Waals surface area (Å²) >= 11 is 0. The van der Waals surface area contributed by atoms with Crippen molar-refractivity contribution < 1.29 is 42.3 Å². The van der Waals surface area contributed by atoms with Crippen molar-refractivity contribution in [3.05, 3.63) is 71.8 Å². The van der Waals surface area contributed by atoms with Crippen molar-refractivity contribution >= 4 is 27.8 Å². The van der Waals surface area contributed by atoms with Gasteiger partial charge in [-0.15, -0.1) is 0 Å². The van der Waals surface area contributed by atoms with Crippen LogP contribution in [0.3, 0.4) is 0 Å². The van der Waals surface area contributed by atoms with Crippen LogP contribution in [0.25, 0.3) is 0 Å². The highest BCUT2D eigenvalue weighted by molar-refractivity contribution is 7.53. The van der Waals surface area contributed by atoms with Gasteiger partial charge in [0.2, 0.25) is 0 Å². The molecule has 2 aromatic carbocycles. The zero-order valence-corrected chi connectivity index (χ0v) is 58.6. The fraction of sp³-hybridized carbons (Fsp3) is 0.813. The predicted molar refractivity (Wildman–Crippen MR) is 359 cm³/mol. The molecule has 8 aliphatic rings. The lowest BCUT2D eigenvalue weighted by atomic mass is 9.43. The van der Waals surface area contributed by atoms with Crippen LogP contribution in [0, 0.1) is 105 Å². The summed E-state index contributed by atoms with van der Waals surface area (Å²) in [6.07, 6.45) is 22.8. The topological polar surface area (TPSA) is 121 Å². The molecule has 12 heteroatoms. The minimum atomic E-state index is -3.24. The number of nitrogens with zero attached hydrogens (tertiary/aromatic N) is 1. The predicted octanol–water partition coefficient (Wildman–Crippen LogP) is 19.6. The van der Waals surface area contributed by atoms with E-state index in [4.69, 9.17) is 23.0 Å². The van der Waals surface area contributed by atoms with E-state index in [1.807, 2.05) is 36.4 Å². The number of ether oxygens (including phenoxy) is 2. The Balaban J connectivity index is 0.000000201. The van der Waals surface area contributed by atoms with Crippen LogP contribution in [-0.2, 0) is 50.4 Å². The molecule has 0 saturated heterocycles. The fourth-order valence-corrected chi connectivity index (χ4v) is 24.2. The number of hydrogen-bond acceptors (Lipinski definition) is 10. The van der Waals surface area contributed by atoms with Crippen molar-refractivity contribution in [2.24, 2.45) is 105 Å². The minimum absolute atomic E-state index is 0. The molecule has 0 aliphatic heterocycles. The van der Waals surface area contributed by atoms with Crippen LogP contribution < -0.4 is 0 Å². The first kappa shape index (κ1) is 72.3. The zero-order chi connectivity index (χ0) is 62.5. The standard InChI is InChI=1S/C34H53O5P.C26H44O3.C14H24NOP.CH4/c1-23-16-18-33(3)26(20-23)21-30(39-40(6,36)38-22-25-10-8-7-9-11-25)32-28-14-13-27(24(2)12-15-31(35)37-5)34(28,4)19-17-29(32)33;1-16-10-12-25(3)18(14-16)15-22(27)24-20-8-7-19(17(2)6-9-23(28)29-5)26(20,4)13-11-21(24)25;1-12(2)15(13(3)4)17(5)16-11-14-9-7-6-8-10-14;/h7-11,23-24,26-30,32H,12-22H2,1-6H3;16-22,24,27H,6-15H2,1-5H3;6-10,12-13H,11H2,1-5H3;1H4/t23-,24-,26+,27-,28+,29+,30-,32+,33+,34-,40?;16-,17-,18+,19-,20+,21+,22-,24+,25+,26-;;/m11../s1. The number of carbonyl (C=O) groups is 2. The summed E-state index contributed by atoms with van der Waals surface area (Å²) in [6, 6.07) is 21.4. The SMILES string of the molecule is C.CC(C)N(C(C)C)P(C)OCc1ccccc1.COC(=O)CC[C@@H](C)[C@H]1CC[C@H]2[C@@H]3[C@H](O)C[C@@H]4C[C@H](C)CC[C@]4(C)[C@H]3CC[C@]12C.COC(=O)CC[C@@H](C)[C@H]1CC[C@H]2[C@@H]3[C@H](OP(C)(=O)OCc4ccccc4)C[C@@H]4C[C@H](C)CC[C@]4(C)[C@H]3CC[C@]12C. The summed E-state index contributed by atoms with van der Waals surface area (Å²) in [4.78, 5) is 23.6. The monoisotopic (exact) mass is 1250 g/mol. The highest BCUT2D eigenvalue weighted by atomic mass is 31.2. The normalized spacial score (nSPS) is 38.3. The number of fused-ring (bicyclic) bond motifs is 10. The number of methoxy groups -OCH3 is 2. The molecule has 0 bridgehead atoms. The highest BCUT2D eigenvalue weighted by Crippen LogP contribution is 2.72. The van der Waals surface area contributed by atoms with Gasteiger partial charge in [0, 0.05) is 31.6 Å². The Bertz CT molecular complexity index is 2510. The van der Waals surface area contributed by atoms with E-state index in [-0.39, 0.29) is 37.0 Å². The lowest BCUT2D eigenvalue weighted by Crippen LogP contribution is -2.58. The Kier molecular flexibility index (Phi) is 25.5. The number of hydrogen-bond donors (Lipinski definition) is 1. The smallest absolute Gasteiger partial charge is 0.328 e. The van der Waals surface area contributed by atoms with Gasteiger partial charge in [0.1, 0.15) is 8.30 Å². The third kappa shape index (κ3) is 16.3. The second-order valence-electron chi connectivity index (χ2n) is 31.4. The van der Waals surface area contributed by atoms with Crippen molar-refractivity contribution in [2.75, 3.05) is 27.5 Å². The van der Waals surface area contributed by atoms with Crippen LogP contribution >= 0.6 is 15.9 Å². The first-order valence-corrected chi connectivity index (χ1v) is 38.3. The molecular weight excluding hydrogens is 1120 g/mol. The van der Waals surface area contributed by atoms with Crippen molar-refractivity contribution in [1.29, 1.82) is 0 Å². The van der Waals surface area contributed by atoms with E-state index in [0.29, 0.717) is 119 Å².